The van der Waals surface area contributed by atoms with E-state index in [0.717, 1.165) is 16.4 Å². The summed E-state index contributed by atoms with van der Waals surface area (Å²) in [6, 6.07) is 6.79. The second kappa shape index (κ2) is 4.84. The molecule has 6 heteroatoms. The largest absolute Gasteiger partial charge is 0.365 e. The average molecular weight is 248 g/mol. The van der Waals surface area contributed by atoms with Crippen LogP contribution in [0.1, 0.15) is 0 Å². The molecular formula is C11H12N4OS. The predicted octanol–water partition coefficient (Wildman–Crippen LogP) is 2.34. The lowest BCUT2D eigenvalue weighted by atomic mass is 10.1. The molecule has 17 heavy (non-hydrogen) atoms. The summed E-state index contributed by atoms with van der Waals surface area (Å²) in [5, 5.41) is 8.35. The first-order valence-electron chi connectivity index (χ1n) is 4.99. The smallest absolute Gasteiger partial charge is 0.316 e. The number of hydrogen-bond donors (Lipinski definition) is 3. The number of nitrogens with zero attached hydrogens (tertiary/aromatic N) is 1. The van der Waals surface area contributed by atoms with Crippen LogP contribution in [0.4, 0.5) is 15.6 Å². The molecule has 0 atom stereocenters. The first-order chi connectivity index (χ1) is 8.19. The zero-order valence-electron chi connectivity index (χ0n) is 9.23. The van der Waals surface area contributed by atoms with Crippen LogP contribution >= 0.6 is 11.3 Å². The van der Waals surface area contributed by atoms with Crippen molar-refractivity contribution in [2.75, 3.05) is 17.7 Å². The summed E-state index contributed by atoms with van der Waals surface area (Å²) >= 11 is 1.55. The number of primary amides is 1. The summed E-state index contributed by atoms with van der Waals surface area (Å²) in [5.41, 5.74) is 7.60. The summed E-state index contributed by atoms with van der Waals surface area (Å²) in [4.78, 5) is 15.0. The maximum atomic E-state index is 10.7. The number of carbonyl (C=O) groups is 1. The summed E-state index contributed by atoms with van der Waals surface area (Å²) in [5.74, 6) is 0. The Bertz CT molecular complexity index is 521. The fourth-order valence-electron chi connectivity index (χ4n) is 1.39. The zero-order valence-corrected chi connectivity index (χ0v) is 10.0. The number of rotatable bonds is 3. The SMILES string of the molecule is CNc1nc(-c2ccc(NC(N)=O)cc2)cs1. The summed E-state index contributed by atoms with van der Waals surface area (Å²) in [6.07, 6.45) is 0. The Labute approximate surface area is 103 Å². The second-order valence-electron chi connectivity index (χ2n) is 3.35. The van der Waals surface area contributed by atoms with Gasteiger partial charge in [-0.25, -0.2) is 9.78 Å². The Balaban J connectivity index is 2.19. The van der Waals surface area contributed by atoms with E-state index in [-0.39, 0.29) is 0 Å². The fourth-order valence-corrected chi connectivity index (χ4v) is 2.07. The van der Waals surface area contributed by atoms with Crippen molar-refractivity contribution in [3.8, 4) is 11.3 Å². The number of thiazole rings is 1. The predicted molar refractivity (Wildman–Crippen MR) is 70.3 cm³/mol. The van der Waals surface area contributed by atoms with E-state index >= 15 is 0 Å². The maximum absolute atomic E-state index is 10.7. The van der Waals surface area contributed by atoms with Gasteiger partial charge in [0.2, 0.25) is 0 Å². The molecule has 2 amide bonds. The number of benzene rings is 1. The van der Waals surface area contributed by atoms with Crippen molar-refractivity contribution >= 4 is 28.2 Å². The van der Waals surface area contributed by atoms with E-state index in [0.29, 0.717) is 5.69 Å². The monoisotopic (exact) mass is 248 g/mol. The summed E-state index contributed by atoms with van der Waals surface area (Å²) < 4.78 is 0. The molecular weight excluding hydrogens is 236 g/mol. The summed E-state index contributed by atoms with van der Waals surface area (Å²) in [7, 11) is 1.84. The van der Waals surface area contributed by atoms with Gasteiger partial charge in [0, 0.05) is 23.7 Å². The molecule has 0 aliphatic heterocycles. The zero-order chi connectivity index (χ0) is 12.3. The Morgan fingerprint density at radius 2 is 2.06 bits per heavy atom. The highest BCUT2D eigenvalue weighted by atomic mass is 32.1. The molecule has 0 saturated heterocycles. The van der Waals surface area contributed by atoms with Crippen LogP contribution in [0, 0.1) is 0 Å². The van der Waals surface area contributed by atoms with Crippen molar-refractivity contribution in [3.63, 3.8) is 0 Å². The Morgan fingerprint density at radius 1 is 1.35 bits per heavy atom. The topological polar surface area (TPSA) is 80.0 Å². The van der Waals surface area contributed by atoms with Crippen molar-refractivity contribution in [1.82, 2.24) is 4.98 Å². The molecule has 0 unspecified atom stereocenters. The number of carbonyl (C=O) groups excluding carboxylic acids is 1. The minimum atomic E-state index is -0.566. The third-order valence-electron chi connectivity index (χ3n) is 2.17. The van der Waals surface area contributed by atoms with Crippen molar-refractivity contribution in [2.45, 2.75) is 0 Å². The van der Waals surface area contributed by atoms with Gasteiger partial charge < -0.3 is 16.4 Å². The number of nitrogens with one attached hydrogen (secondary N) is 2. The molecule has 2 rings (SSSR count). The molecule has 0 radical (unpaired) electrons. The van der Waals surface area contributed by atoms with Crippen molar-refractivity contribution in [1.29, 1.82) is 0 Å². The third kappa shape index (κ3) is 2.73. The Hall–Kier alpha value is -2.08. The van der Waals surface area contributed by atoms with Gasteiger partial charge in [0.05, 0.1) is 5.69 Å². The lowest BCUT2D eigenvalue weighted by Gasteiger charge is -2.02. The van der Waals surface area contributed by atoms with Gasteiger partial charge in [-0.3, -0.25) is 0 Å². The molecule has 0 spiro atoms. The number of anilines is 2. The van der Waals surface area contributed by atoms with Crippen LogP contribution in [0.15, 0.2) is 29.6 Å². The van der Waals surface area contributed by atoms with Gasteiger partial charge >= 0.3 is 6.03 Å². The number of aromatic nitrogens is 1. The quantitative estimate of drug-likeness (QED) is 0.780. The number of hydrogen-bond acceptors (Lipinski definition) is 4. The van der Waals surface area contributed by atoms with Gasteiger partial charge in [-0.1, -0.05) is 12.1 Å². The van der Waals surface area contributed by atoms with Crippen LogP contribution in [-0.4, -0.2) is 18.1 Å². The fraction of sp³-hybridized carbons (Fsp3) is 0.0909. The van der Waals surface area contributed by atoms with Crippen molar-refractivity contribution in [3.05, 3.63) is 29.6 Å². The van der Waals surface area contributed by atoms with Crippen LogP contribution in [0.5, 0.6) is 0 Å². The molecule has 4 N–H and O–H groups in total. The molecule has 0 bridgehead atoms. The highest BCUT2D eigenvalue weighted by Gasteiger charge is 2.03. The van der Waals surface area contributed by atoms with Gasteiger partial charge in [0.15, 0.2) is 5.13 Å². The molecule has 88 valence electrons. The van der Waals surface area contributed by atoms with E-state index < -0.39 is 6.03 Å². The molecule has 0 aliphatic carbocycles. The number of urea groups is 1. The molecule has 1 aromatic carbocycles. The molecule has 5 nitrogen and oxygen atoms in total. The minimum Gasteiger partial charge on any atom is -0.365 e. The van der Waals surface area contributed by atoms with E-state index in [9.17, 15) is 4.79 Å². The Morgan fingerprint density at radius 3 is 2.59 bits per heavy atom. The van der Waals surface area contributed by atoms with Crippen LogP contribution in [0.25, 0.3) is 11.3 Å². The number of amides is 2. The lowest BCUT2D eigenvalue weighted by molar-refractivity contribution is 0.259. The highest BCUT2D eigenvalue weighted by molar-refractivity contribution is 7.14. The van der Waals surface area contributed by atoms with E-state index in [2.05, 4.69) is 15.6 Å². The first-order valence-corrected chi connectivity index (χ1v) is 5.87. The van der Waals surface area contributed by atoms with Gasteiger partial charge in [-0.15, -0.1) is 11.3 Å². The maximum Gasteiger partial charge on any atom is 0.316 e. The standard InChI is InChI=1S/C11H12N4OS/c1-13-11-15-9(6-17-11)7-2-4-8(5-3-7)14-10(12)16/h2-6H,1H3,(H,13,15)(H3,12,14,16). The van der Waals surface area contributed by atoms with Crippen LogP contribution < -0.4 is 16.4 Å². The normalized spacial score (nSPS) is 9.94. The van der Waals surface area contributed by atoms with Crippen molar-refractivity contribution in [2.24, 2.45) is 5.73 Å². The van der Waals surface area contributed by atoms with Gasteiger partial charge in [0.25, 0.3) is 0 Å². The number of nitrogens with two attached hydrogens (primary N) is 1. The van der Waals surface area contributed by atoms with Crippen LogP contribution in [0.3, 0.4) is 0 Å². The van der Waals surface area contributed by atoms with E-state index in [1.54, 1.807) is 23.5 Å². The van der Waals surface area contributed by atoms with Crippen LogP contribution in [0.2, 0.25) is 0 Å². The van der Waals surface area contributed by atoms with Crippen molar-refractivity contribution < 1.29 is 4.79 Å². The lowest BCUT2D eigenvalue weighted by Crippen LogP contribution is -2.19. The van der Waals surface area contributed by atoms with E-state index in [1.807, 2.05) is 24.6 Å². The average Bonchev–Trinajstić information content (AvgIpc) is 2.78. The van der Waals surface area contributed by atoms with E-state index in [1.165, 1.54) is 0 Å². The minimum absolute atomic E-state index is 0.566. The highest BCUT2D eigenvalue weighted by Crippen LogP contribution is 2.25. The first kappa shape index (κ1) is 11.4. The van der Waals surface area contributed by atoms with Gasteiger partial charge in [-0.05, 0) is 12.1 Å². The van der Waals surface area contributed by atoms with Gasteiger partial charge in [0.1, 0.15) is 0 Å². The molecule has 0 aliphatic rings. The third-order valence-corrected chi connectivity index (χ3v) is 3.03. The molecule has 1 aromatic heterocycles. The molecule has 1 heterocycles. The van der Waals surface area contributed by atoms with E-state index in [4.69, 9.17) is 5.73 Å². The van der Waals surface area contributed by atoms with Crippen LogP contribution in [-0.2, 0) is 0 Å². The summed E-state index contributed by atoms with van der Waals surface area (Å²) in [6.45, 7) is 0. The Kier molecular flexibility index (Phi) is 3.24. The molecule has 2 aromatic rings. The molecule has 0 fully saturated rings. The molecule has 0 saturated carbocycles. The van der Waals surface area contributed by atoms with Gasteiger partial charge in [-0.2, -0.15) is 0 Å². The second-order valence-corrected chi connectivity index (χ2v) is 4.21.